The summed E-state index contributed by atoms with van der Waals surface area (Å²) in [6.45, 7) is 3.85. The second-order valence-corrected chi connectivity index (χ2v) is 9.50. The normalized spacial score (nSPS) is 17.5. The van der Waals surface area contributed by atoms with Crippen molar-refractivity contribution >= 4 is 34.0 Å². The summed E-state index contributed by atoms with van der Waals surface area (Å²) >= 11 is 1.54. The fourth-order valence-electron chi connectivity index (χ4n) is 4.10. The van der Waals surface area contributed by atoms with Crippen LogP contribution in [0.5, 0.6) is 0 Å². The summed E-state index contributed by atoms with van der Waals surface area (Å²) in [6, 6.07) is 12.4. The van der Waals surface area contributed by atoms with Crippen molar-refractivity contribution in [3.63, 3.8) is 0 Å². The van der Waals surface area contributed by atoms with Crippen LogP contribution in [-0.4, -0.2) is 57.7 Å². The van der Waals surface area contributed by atoms with Crippen molar-refractivity contribution in [2.24, 2.45) is 5.18 Å². The highest BCUT2D eigenvalue weighted by Gasteiger charge is 2.24. The largest absolute Gasteiger partial charge is 0.369 e. The van der Waals surface area contributed by atoms with E-state index in [1.54, 1.807) is 18.7 Å². The lowest BCUT2D eigenvalue weighted by Gasteiger charge is -2.21. The molecule has 1 fully saturated rings. The summed E-state index contributed by atoms with van der Waals surface area (Å²) < 4.78 is 1.91. The lowest BCUT2D eigenvalue weighted by Crippen LogP contribution is -2.31. The Morgan fingerprint density at radius 3 is 2.84 bits per heavy atom. The number of hydrogen-bond donors (Lipinski definition) is 0. The Labute approximate surface area is 190 Å². The van der Waals surface area contributed by atoms with Crippen LogP contribution in [0.15, 0.2) is 64.0 Å². The average Bonchev–Trinajstić information content (AvgIpc) is 3.46. The molecular formula is C23H25N7OS. The predicted octanol–water partition coefficient (Wildman–Crippen LogP) is 4.40. The van der Waals surface area contributed by atoms with E-state index in [0.717, 1.165) is 50.9 Å². The quantitative estimate of drug-likeness (QED) is 0.405. The first-order valence-electron chi connectivity index (χ1n) is 10.7. The molecule has 1 saturated heterocycles. The van der Waals surface area contributed by atoms with E-state index in [1.165, 1.54) is 6.42 Å². The van der Waals surface area contributed by atoms with E-state index in [9.17, 15) is 4.91 Å². The molecule has 2 unspecified atom stereocenters. The minimum atomic E-state index is -0.414. The van der Waals surface area contributed by atoms with E-state index in [-0.39, 0.29) is 0 Å². The van der Waals surface area contributed by atoms with Crippen LogP contribution >= 0.6 is 11.8 Å². The van der Waals surface area contributed by atoms with E-state index in [4.69, 9.17) is 0 Å². The molecule has 5 rings (SSSR count). The maximum atomic E-state index is 10.9. The Balaban J connectivity index is 1.43. The first-order chi connectivity index (χ1) is 15.5. The van der Waals surface area contributed by atoms with E-state index in [1.807, 2.05) is 35.0 Å². The van der Waals surface area contributed by atoms with Gasteiger partial charge >= 0.3 is 0 Å². The number of likely N-dealkylation sites (N-methyl/N-ethyl adjacent to an activating group) is 1. The zero-order chi connectivity index (χ0) is 22.2. The first kappa shape index (κ1) is 20.8. The topological polar surface area (TPSA) is 79.0 Å². The fraction of sp³-hybridized carbons (Fsp3) is 0.348. The van der Waals surface area contributed by atoms with Gasteiger partial charge in [0.15, 0.2) is 10.8 Å². The average molecular weight is 448 g/mol. The summed E-state index contributed by atoms with van der Waals surface area (Å²) in [5, 5.41) is 13.6. The Morgan fingerprint density at radius 1 is 1.19 bits per heavy atom. The van der Waals surface area contributed by atoms with Crippen LogP contribution in [-0.2, 0) is 0 Å². The highest BCUT2D eigenvalue weighted by molar-refractivity contribution is 7.99. The number of fused-ring (bicyclic) bond motifs is 2. The summed E-state index contributed by atoms with van der Waals surface area (Å²) in [5.74, 6) is 0. The standard InChI is InChI=1S/C23H25N7OS/c1-15(27-31)16-4-7-22-25-26-23(30(22)13-16)32-20-5-6-21-17(11-20)10-19(12-24-21)29-9-8-18(14-29)28(2)3/h4-7,10-13,15,18H,8-9,14H2,1-3H3. The summed E-state index contributed by atoms with van der Waals surface area (Å²) in [7, 11) is 4.28. The zero-order valence-corrected chi connectivity index (χ0v) is 19.2. The van der Waals surface area contributed by atoms with Crippen molar-refractivity contribution in [2.75, 3.05) is 32.1 Å². The SMILES string of the molecule is CC(N=O)c1ccc2nnc(Sc3ccc4ncc(N5CCC(N(C)C)C5)cc4c3)n2c1. The molecule has 2 atom stereocenters. The molecule has 8 nitrogen and oxygen atoms in total. The van der Waals surface area contributed by atoms with Gasteiger partial charge in [-0.15, -0.1) is 10.2 Å². The fourth-order valence-corrected chi connectivity index (χ4v) is 4.96. The Bertz CT molecular complexity index is 1290. The molecule has 0 spiro atoms. The van der Waals surface area contributed by atoms with Gasteiger partial charge in [-0.1, -0.05) is 11.2 Å². The third-order valence-corrected chi connectivity index (χ3v) is 7.09. The van der Waals surface area contributed by atoms with Crippen molar-refractivity contribution in [2.45, 2.75) is 35.5 Å². The van der Waals surface area contributed by atoms with Crippen molar-refractivity contribution in [1.29, 1.82) is 0 Å². The van der Waals surface area contributed by atoms with Gasteiger partial charge in [-0.3, -0.25) is 9.38 Å². The van der Waals surface area contributed by atoms with Crippen LogP contribution in [0, 0.1) is 4.91 Å². The molecule has 4 aromatic rings. The molecule has 0 saturated carbocycles. The minimum absolute atomic E-state index is 0.414. The molecular weight excluding hydrogens is 422 g/mol. The van der Waals surface area contributed by atoms with Gasteiger partial charge in [-0.2, -0.15) is 4.91 Å². The third-order valence-electron chi connectivity index (χ3n) is 6.14. The van der Waals surface area contributed by atoms with Crippen LogP contribution in [0.2, 0.25) is 0 Å². The highest BCUT2D eigenvalue weighted by atomic mass is 32.2. The third kappa shape index (κ3) is 3.93. The molecule has 9 heteroatoms. The first-order valence-corrected chi connectivity index (χ1v) is 11.5. The lowest BCUT2D eigenvalue weighted by molar-refractivity contribution is 0.315. The summed E-state index contributed by atoms with van der Waals surface area (Å²) in [4.78, 5) is 21.4. The molecule has 1 aliphatic rings. The maximum absolute atomic E-state index is 10.9. The Morgan fingerprint density at radius 2 is 2.06 bits per heavy atom. The highest BCUT2D eigenvalue weighted by Crippen LogP contribution is 2.31. The second-order valence-electron chi connectivity index (χ2n) is 8.46. The zero-order valence-electron chi connectivity index (χ0n) is 18.3. The molecule has 0 bridgehead atoms. The van der Waals surface area contributed by atoms with E-state index in [2.05, 4.69) is 62.5 Å². The number of pyridine rings is 2. The number of anilines is 1. The number of aromatic nitrogens is 4. The van der Waals surface area contributed by atoms with E-state index >= 15 is 0 Å². The molecule has 32 heavy (non-hydrogen) atoms. The van der Waals surface area contributed by atoms with Crippen molar-refractivity contribution < 1.29 is 0 Å². The Hall–Kier alpha value is -3.04. The summed E-state index contributed by atoms with van der Waals surface area (Å²) in [6.07, 6.45) is 5.03. The minimum Gasteiger partial charge on any atom is -0.369 e. The van der Waals surface area contributed by atoms with Gasteiger partial charge in [-0.25, -0.2) is 0 Å². The number of nitroso groups, excluding NO2 is 1. The monoisotopic (exact) mass is 447 g/mol. The molecule has 0 amide bonds. The van der Waals surface area contributed by atoms with E-state index < -0.39 is 6.04 Å². The van der Waals surface area contributed by atoms with Crippen LogP contribution in [0.4, 0.5) is 5.69 Å². The van der Waals surface area contributed by atoms with Gasteiger partial charge in [-0.05, 0) is 75.1 Å². The molecule has 3 aromatic heterocycles. The van der Waals surface area contributed by atoms with E-state index in [0.29, 0.717) is 6.04 Å². The number of nitrogens with zero attached hydrogens (tertiary/aromatic N) is 7. The molecule has 164 valence electrons. The van der Waals surface area contributed by atoms with Crippen LogP contribution < -0.4 is 4.90 Å². The second kappa shape index (κ2) is 8.48. The molecule has 1 aliphatic heterocycles. The van der Waals surface area contributed by atoms with Crippen LogP contribution in [0.3, 0.4) is 0 Å². The maximum Gasteiger partial charge on any atom is 0.200 e. The number of benzene rings is 1. The molecule has 0 radical (unpaired) electrons. The summed E-state index contributed by atoms with van der Waals surface area (Å²) in [5.41, 5.74) is 3.71. The number of hydrogen-bond acceptors (Lipinski definition) is 8. The van der Waals surface area contributed by atoms with Crippen molar-refractivity contribution in [1.82, 2.24) is 24.5 Å². The molecule has 1 aromatic carbocycles. The van der Waals surface area contributed by atoms with Crippen molar-refractivity contribution in [3.05, 3.63) is 59.3 Å². The van der Waals surface area contributed by atoms with Crippen LogP contribution in [0.1, 0.15) is 24.9 Å². The molecule has 0 aliphatic carbocycles. The van der Waals surface area contributed by atoms with Gasteiger partial charge in [0.2, 0.25) is 0 Å². The van der Waals surface area contributed by atoms with Gasteiger partial charge < -0.3 is 9.80 Å². The van der Waals surface area contributed by atoms with Gasteiger partial charge in [0.1, 0.15) is 6.04 Å². The number of rotatable bonds is 6. The van der Waals surface area contributed by atoms with Crippen LogP contribution in [0.25, 0.3) is 16.6 Å². The molecule has 0 N–H and O–H groups in total. The smallest absolute Gasteiger partial charge is 0.200 e. The predicted molar refractivity (Wildman–Crippen MR) is 127 cm³/mol. The van der Waals surface area contributed by atoms with Gasteiger partial charge in [0, 0.05) is 35.6 Å². The van der Waals surface area contributed by atoms with Gasteiger partial charge in [0.05, 0.1) is 17.4 Å². The Kier molecular flexibility index (Phi) is 5.52. The lowest BCUT2D eigenvalue weighted by atomic mass is 10.1. The van der Waals surface area contributed by atoms with Crippen molar-refractivity contribution in [3.8, 4) is 0 Å². The molecule has 4 heterocycles. The van der Waals surface area contributed by atoms with Gasteiger partial charge in [0.25, 0.3) is 0 Å².